The highest BCUT2D eigenvalue weighted by molar-refractivity contribution is 5.76. The smallest absolute Gasteiger partial charge is 0.220 e. The predicted molar refractivity (Wildman–Crippen MR) is 217 cm³/mol. The quantitative estimate of drug-likeness (QED) is 0.0275. The number of hydrogen-bond donors (Lipinski definition) is 6. The minimum atomic E-state index is -1.55. The molecule has 1 saturated heterocycles. The zero-order valence-corrected chi connectivity index (χ0v) is 34.0. The first kappa shape index (κ1) is 49.7. The molecule has 53 heavy (non-hydrogen) atoms. The molecule has 1 amide bonds. The fourth-order valence-electron chi connectivity index (χ4n) is 7.02. The molecule has 0 spiro atoms. The molecule has 0 aliphatic carbocycles. The molecule has 9 heteroatoms. The van der Waals surface area contributed by atoms with Crippen LogP contribution in [0.15, 0.2) is 24.3 Å². The van der Waals surface area contributed by atoms with Gasteiger partial charge in [-0.15, -0.1) is 0 Å². The van der Waals surface area contributed by atoms with Crippen LogP contribution in [0.3, 0.4) is 0 Å². The summed E-state index contributed by atoms with van der Waals surface area (Å²) in [6, 6.07) is -0.714. The maximum atomic E-state index is 12.9. The van der Waals surface area contributed by atoms with Crippen molar-refractivity contribution in [2.45, 2.75) is 236 Å². The molecule has 1 aliphatic rings. The molecule has 0 aromatic carbocycles. The SMILES string of the molecule is CC/C=C\C/C=C\CCCCCCCCCCCCCCCCC(=O)NC(COC1OC(CO)C(O)C(O)C1O)C(O)CCCCCCCCCCC. The van der Waals surface area contributed by atoms with Gasteiger partial charge in [0.25, 0.3) is 0 Å². The summed E-state index contributed by atoms with van der Waals surface area (Å²) in [6.45, 7) is 3.70. The molecule has 0 aromatic heterocycles. The van der Waals surface area contributed by atoms with Gasteiger partial charge in [0.1, 0.15) is 24.4 Å². The van der Waals surface area contributed by atoms with Gasteiger partial charge in [-0.05, 0) is 38.5 Å². The molecule has 1 fully saturated rings. The highest BCUT2D eigenvalue weighted by Gasteiger charge is 2.44. The van der Waals surface area contributed by atoms with Crippen LogP contribution in [0.4, 0.5) is 0 Å². The van der Waals surface area contributed by atoms with E-state index >= 15 is 0 Å². The summed E-state index contributed by atoms with van der Waals surface area (Å²) in [5.41, 5.74) is 0. The third-order valence-corrected chi connectivity index (χ3v) is 10.6. The van der Waals surface area contributed by atoms with Crippen molar-refractivity contribution in [3.05, 3.63) is 24.3 Å². The van der Waals surface area contributed by atoms with Gasteiger partial charge in [0, 0.05) is 6.42 Å². The average Bonchev–Trinajstić information content (AvgIpc) is 3.16. The Hall–Kier alpha value is -1.33. The van der Waals surface area contributed by atoms with Crippen molar-refractivity contribution < 1.29 is 39.8 Å². The molecule has 312 valence electrons. The summed E-state index contributed by atoms with van der Waals surface area (Å²) in [6.07, 6.45) is 33.4. The Kier molecular flexibility index (Phi) is 32.9. The standard InChI is InChI=1S/C44H83NO8/c1-3-5-7-9-11-13-14-15-16-17-18-19-20-21-22-23-24-26-28-30-32-34-40(48)45-37(38(47)33-31-29-27-25-12-10-8-6-4-2)36-52-44-43(51)42(50)41(49)39(35-46)53-44/h5,7,11,13,37-39,41-44,46-47,49-51H,3-4,6,8-10,12,14-36H2,1-2H3,(H,45,48)/b7-5-,13-11-. The number of unbranched alkanes of at least 4 members (excludes halogenated alkanes) is 22. The molecule has 7 atom stereocenters. The lowest BCUT2D eigenvalue weighted by Gasteiger charge is -2.40. The third kappa shape index (κ3) is 26.2. The van der Waals surface area contributed by atoms with E-state index in [1.54, 1.807) is 0 Å². The van der Waals surface area contributed by atoms with Gasteiger partial charge in [0.2, 0.25) is 5.91 Å². The largest absolute Gasteiger partial charge is 0.394 e. The Balaban J connectivity index is 2.25. The Morgan fingerprint density at radius 1 is 0.660 bits per heavy atom. The Morgan fingerprint density at radius 3 is 1.72 bits per heavy atom. The van der Waals surface area contributed by atoms with Crippen LogP contribution < -0.4 is 5.32 Å². The molecular weight excluding hydrogens is 670 g/mol. The van der Waals surface area contributed by atoms with Gasteiger partial charge in [0.15, 0.2) is 6.29 Å². The van der Waals surface area contributed by atoms with Gasteiger partial charge < -0.3 is 40.3 Å². The Morgan fingerprint density at radius 2 is 1.17 bits per heavy atom. The van der Waals surface area contributed by atoms with Crippen LogP contribution in [0.5, 0.6) is 0 Å². The van der Waals surface area contributed by atoms with Crippen molar-refractivity contribution >= 4 is 5.91 Å². The minimum Gasteiger partial charge on any atom is -0.394 e. The number of carbonyl (C=O) groups is 1. The summed E-state index contributed by atoms with van der Waals surface area (Å²) in [7, 11) is 0. The summed E-state index contributed by atoms with van der Waals surface area (Å²) in [4.78, 5) is 12.9. The van der Waals surface area contributed by atoms with E-state index in [0.717, 1.165) is 51.4 Å². The lowest BCUT2D eigenvalue weighted by Crippen LogP contribution is -2.60. The topological polar surface area (TPSA) is 149 Å². The molecule has 0 saturated carbocycles. The number of aliphatic hydroxyl groups excluding tert-OH is 5. The predicted octanol–water partition coefficient (Wildman–Crippen LogP) is 8.72. The van der Waals surface area contributed by atoms with Crippen molar-refractivity contribution in [1.82, 2.24) is 5.32 Å². The van der Waals surface area contributed by atoms with Gasteiger partial charge in [-0.25, -0.2) is 0 Å². The van der Waals surface area contributed by atoms with E-state index in [2.05, 4.69) is 43.5 Å². The van der Waals surface area contributed by atoms with Crippen molar-refractivity contribution in [2.24, 2.45) is 0 Å². The molecule has 0 aromatic rings. The second-order valence-corrected chi connectivity index (χ2v) is 15.5. The summed E-state index contributed by atoms with van der Waals surface area (Å²) in [5, 5.41) is 54.1. The van der Waals surface area contributed by atoms with Gasteiger partial charge in [-0.2, -0.15) is 0 Å². The number of allylic oxidation sites excluding steroid dienone is 4. The monoisotopic (exact) mass is 754 g/mol. The van der Waals surface area contributed by atoms with Gasteiger partial charge >= 0.3 is 0 Å². The average molecular weight is 754 g/mol. The molecular formula is C44H83NO8. The van der Waals surface area contributed by atoms with Crippen molar-refractivity contribution in [1.29, 1.82) is 0 Å². The number of ether oxygens (including phenoxy) is 2. The molecule has 1 heterocycles. The second kappa shape index (κ2) is 35.1. The second-order valence-electron chi connectivity index (χ2n) is 15.5. The Bertz CT molecular complexity index is 883. The highest BCUT2D eigenvalue weighted by Crippen LogP contribution is 2.23. The molecule has 9 nitrogen and oxygen atoms in total. The van der Waals surface area contributed by atoms with Crippen LogP contribution in [0.1, 0.15) is 194 Å². The van der Waals surface area contributed by atoms with Crippen LogP contribution in [0.2, 0.25) is 0 Å². The number of aliphatic hydroxyl groups is 5. The first-order chi connectivity index (χ1) is 25.8. The van der Waals surface area contributed by atoms with Crippen LogP contribution >= 0.6 is 0 Å². The van der Waals surface area contributed by atoms with Gasteiger partial charge in [-0.1, -0.05) is 173 Å². The zero-order chi connectivity index (χ0) is 38.8. The lowest BCUT2D eigenvalue weighted by atomic mass is 9.99. The summed E-state index contributed by atoms with van der Waals surface area (Å²) >= 11 is 0. The minimum absolute atomic E-state index is 0.136. The van der Waals surface area contributed by atoms with Crippen LogP contribution in [0.25, 0.3) is 0 Å². The van der Waals surface area contributed by atoms with Gasteiger partial charge in [0.05, 0.1) is 25.4 Å². The molecule has 7 unspecified atom stereocenters. The van der Waals surface area contributed by atoms with Crippen LogP contribution in [-0.2, 0) is 14.3 Å². The number of carbonyl (C=O) groups excluding carboxylic acids is 1. The molecule has 0 bridgehead atoms. The fraction of sp³-hybridized carbons (Fsp3) is 0.886. The zero-order valence-electron chi connectivity index (χ0n) is 34.0. The van der Waals surface area contributed by atoms with Crippen LogP contribution in [0, 0.1) is 0 Å². The van der Waals surface area contributed by atoms with Crippen molar-refractivity contribution in [3.63, 3.8) is 0 Å². The van der Waals surface area contributed by atoms with E-state index in [1.807, 2.05) is 0 Å². The number of hydrogen-bond acceptors (Lipinski definition) is 8. The van der Waals surface area contributed by atoms with E-state index in [1.165, 1.54) is 116 Å². The molecule has 0 radical (unpaired) electrons. The van der Waals surface area contributed by atoms with Crippen molar-refractivity contribution in [2.75, 3.05) is 13.2 Å². The summed E-state index contributed by atoms with van der Waals surface area (Å²) < 4.78 is 11.2. The number of rotatable bonds is 36. The first-order valence-electron chi connectivity index (χ1n) is 22.0. The van der Waals surface area contributed by atoms with Crippen LogP contribution in [-0.4, -0.2) is 87.5 Å². The van der Waals surface area contributed by atoms with E-state index in [-0.39, 0.29) is 12.5 Å². The Labute approximate surface area is 324 Å². The molecule has 6 N–H and O–H groups in total. The fourth-order valence-corrected chi connectivity index (χ4v) is 7.02. The molecule has 1 rings (SSSR count). The van der Waals surface area contributed by atoms with E-state index < -0.39 is 49.5 Å². The maximum absolute atomic E-state index is 12.9. The van der Waals surface area contributed by atoms with Gasteiger partial charge in [-0.3, -0.25) is 4.79 Å². The maximum Gasteiger partial charge on any atom is 0.220 e. The van der Waals surface area contributed by atoms with E-state index in [0.29, 0.717) is 12.8 Å². The molecule has 1 aliphatic heterocycles. The lowest BCUT2D eigenvalue weighted by molar-refractivity contribution is -0.302. The first-order valence-corrected chi connectivity index (χ1v) is 22.0. The van der Waals surface area contributed by atoms with E-state index in [9.17, 15) is 30.3 Å². The van der Waals surface area contributed by atoms with Crippen molar-refractivity contribution in [3.8, 4) is 0 Å². The number of nitrogens with one attached hydrogen (secondary N) is 1. The highest BCUT2D eigenvalue weighted by atomic mass is 16.7. The van der Waals surface area contributed by atoms with E-state index in [4.69, 9.17) is 9.47 Å². The number of amides is 1. The normalized spacial score (nSPS) is 21.8. The third-order valence-electron chi connectivity index (χ3n) is 10.6. The summed E-state index contributed by atoms with van der Waals surface area (Å²) in [5.74, 6) is -0.147.